The summed E-state index contributed by atoms with van der Waals surface area (Å²) in [7, 11) is -7.10. The van der Waals surface area contributed by atoms with Crippen LogP contribution in [0.1, 0.15) is 0 Å². The minimum absolute atomic E-state index is 0. The van der Waals surface area contributed by atoms with Gasteiger partial charge in [-0.05, 0) is 0 Å². The van der Waals surface area contributed by atoms with Crippen molar-refractivity contribution in [3.05, 3.63) is 0 Å². The normalized spacial score (nSPS) is 10.9. The zero-order chi connectivity index (χ0) is 6.78. The van der Waals surface area contributed by atoms with Crippen LogP contribution in [0.4, 0.5) is 0 Å². The Morgan fingerprint density at radius 2 is 1.67 bits per heavy atom. The summed E-state index contributed by atoms with van der Waals surface area (Å²) in [4.78, 5) is 0. The molecule has 0 bridgehead atoms. The average molecular weight is 200 g/mol. The van der Waals surface area contributed by atoms with Gasteiger partial charge in [0.2, 0.25) is 0 Å². The molecule has 0 saturated carbocycles. The number of hydrogen-bond donors (Lipinski definition) is 1. The van der Waals surface area contributed by atoms with Crippen LogP contribution in [0.5, 0.6) is 0 Å². The van der Waals surface area contributed by atoms with E-state index in [9.17, 15) is 16.8 Å². The van der Waals surface area contributed by atoms with E-state index in [-0.39, 0.29) is 51.4 Å². The summed E-state index contributed by atoms with van der Waals surface area (Å²) in [6, 6.07) is 0. The number of rotatable bonds is 2. The molecule has 0 saturated heterocycles. The Morgan fingerprint density at radius 3 is 1.67 bits per heavy atom. The van der Waals surface area contributed by atoms with Crippen molar-refractivity contribution in [3.63, 3.8) is 0 Å². The maximum absolute atomic E-state index is 9.84. The van der Waals surface area contributed by atoms with Crippen LogP contribution in [-0.4, -0.2) is 74.5 Å². The Hall–Kier alpha value is 1.50. The van der Waals surface area contributed by atoms with Gasteiger partial charge in [0.15, 0.2) is 0 Å². The predicted octanol–water partition coefficient (Wildman–Crippen LogP) is -2.16. The van der Waals surface area contributed by atoms with Gasteiger partial charge in [-0.1, -0.05) is 0 Å². The van der Waals surface area contributed by atoms with E-state index in [0.29, 0.717) is 6.26 Å². The van der Waals surface area contributed by atoms with Crippen molar-refractivity contribution in [1.29, 1.82) is 0 Å². The molecule has 8 heteroatoms. The molecule has 0 N–H and O–H groups in total. The third-order valence-electron chi connectivity index (χ3n) is 0.196. The van der Waals surface area contributed by atoms with Crippen molar-refractivity contribution in [2.45, 2.75) is 0 Å². The van der Waals surface area contributed by atoms with E-state index in [4.69, 9.17) is 0 Å². The molecule has 0 aromatic rings. The molecule has 0 fully saturated rings. The molecule has 0 unspecified atom stereocenters. The van der Waals surface area contributed by atoms with Crippen LogP contribution in [0.25, 0.3) is 0 Å². The van der Waals surface area contributed by atoms with Crippen LogP contribution in [0.3, 0.4) is 0 Å². The van der Waals surface area contributed by atoms with Crippen molar-refractivity contribution in [2.24, 2.45) is 0 Å². The van der Waals surface area contributed by atoms with Crippen LogP contribution in [0.15, 0.2) is 0 Å². The van der Waals surface area contributed by atoms with Crippen molar-refractivity contribution >= 4 is 72.5 Å². The first-order valence-corrected chi connectivity index (χ1v) is 4.37. The van der Waals surface area contributed by atoms with Gasteiger partial charge in [-0.15, -0.1) is 3.63 Å². The van der Waals surface area contributed by atoms with Crippen LogP contribution in [0.2, 0.25) is 0 Å². The van der Waals surface area contributed by atoms with Gasteiger partial charge in [-0.25, -0.2) is 8.42 Å². The van der Waals surface area contributed by atoms with Gasteiger partial charge >= 0.3 is 51.4 Å². The van der Waals surface area contributed by atoms with E-state index in [1.165, 1.54) is 0 Å². The molecule has 0 aromatic carbocycles. The van der Waals surface area contributed by atoms with Gasteiger partial charge in [0.05, 0.1) is 6.26 Å². The van der Waals surface area contributed by atoms with E-state index in [1.807, 2.05) is 0 Å². The summed E-state index contributed by atoms with van der Waals surface area (Å²) in [5.74, 6) is 0. The summed E-state index contributed by atoms with van der Waals surface area (Å²) in [6.45, 7) is 0. The van der Waals surface area contributed by atoms with Gasteiger partial charge in [0.25, 0.3) is 21.1 Å². The van der Waals surface area contributed by atoms with Crippen molar-refractivity contribution in [3.8, 4) is 0 Å². The summed E-state index contributed by atoms with van der Waals surface area (Å²) in [5, 5.41) is 0. The van der Waals surface area contributed by atoms with E-state index < -0.39 is 21.1 Å². The molecule has 0 rings (SSSR count). The Balaban J connectivity index is 0. The van der Waals surface area contributed by atoms with Crippen molar-refractivity contribution < 1.29 is 20.5 Å². The average Bonchev–Trinajstić information content (AvgIpc) is 1.21. The van der Waals surface area contributed by atoms with E-state index >= 15 is 0 Å². The second kappa shape index (κ2) is 5.19. The Bertz CT molecular complexity index is 215. The summed E-state index contributed by atoms with van der Waals surface area (Å²) in [5.41, 5.74) is 0. The van der Waals surface area contributed by atoms with Gasteiger partial charge in [0.1, 0.15) is 0 Å². The van der Waals surface area contributed by atoms with Crippen LogP contribution >= 0.6 is 0 Å². The first kappa shape index (κ1) is 13.1. The number of hydrogen-bond acceptors (Lipinski definition) is 5. The quantitative estimate of drug-likeness (QED) is 0.406. The summed E-state index contributed by atoms with van der Waals surface area (Å²) >= 11 is 0. The van der Waals surface area contributed by atoms with E-state index in [1.54, 1.807) is 0 Å². The van der Waals surface area contributed by atoms with E-state index in [0.717, 1.165) is 0 Å². The molecule has 0 aliphatic heterocycles. The molecule has 0 atom stereocenters. The molecule has 5 nitrogen and oxygen atoms in total. The molecule has 0 aliphatic rings. The molecular weight excluding hydrogens is 195 g/mol. The molecule has 9 heavy (non-hydrogen) atoms. The Labute approximate surface area is 97.5 Å². The Morgan fingerprint density at radius 1 is 1.33 bits per heavy atom. The maximum atomic E-state index is 9.84. The molecule has 0 spiro atoms. The SMILES string of the molecule is CS(=O)(=O)O[SH](=O)=O.[KH]. The predicted molar refractivity (Wildman–Crippen MR) is 33.4 cm³/mol. The van der Waals surface area contributed by atoms with Crippen molar-refractivity contribution in [1.82, 2.24) is 0 Å². The molecule has 0 amide bonds. The second-order valence-electron chi connectivity index (χ2n) is 1.00. The fraction of sp³-hybridized carbons (Fsp3) is 1.00. The molecule has 0 heterocycles. The van der Waals surface area contributed by atoms with Crippen LogP contribution in [0, 0.1) is 0 Å². The van der Waals surface area contributed by atoms with Gasteiger partial charge in [-0.2, -0.15) is 8.42 Å². The molecule has 0 radical (unpaired) electrons. The van der Waals surface area contributed by atoms with Crippen LogP contribution < -0.4 is 0 Å². The summed E-state index contributed by atoms with van der Waals surface area (Å²) in [6.07, 6.45) is 0.651. The first-order valence-electron chi connectivity index (χ1n) is 1.46. The third-order valence-corrected chi connectivity index (χ3v) is 1.77. The van der Waals surface area contributed by atoms with Crippen molar-refractivity contribution in [2.75, 3.05) is 6.26 Å². The van der Waals surface area contributed by atoms with Gasteiger partial charge in [0, 0.05) is 0 Å². The Kier molecular flexibility index (Phi) is 7.56. The molecule has 0 aliphatic carbocycles. The first-order chi connectivity index (χ1) is 3.42. The topological polar surface area (TPSA) is 77.5 Å². The van der Waals surface area contributed by atoms with Gasteiger partial charge < -0.3 is 0 Å². The summed E-state index contributed by atoms with van der Waals surface area (Å²) < 4.78 is 41.9. The van der Waals surface area contributed by atoms with E-state index in [2.05, 4.69) is 3.63 Å². The fourth-order valence-corrected chi connectivity index (χ4v) is 0.995. The zero-order valence-corrected chi connectivity index (χ0v) is 5.61. The second-order valence-corrected chi connectivity index (χ2v) is 3.45. The molecule has 0 aromatic heterocycles. The zero-order valence-electron chi connectivity index (χ0n) is 3.90. The minimum atomic E-state index is -3.82. The fourth-order valence-electron chi connectivity index (χ4n) is 0.111. The van der Waals surface area contributed by atoms with Crippen LogP contribution in [-0.2, 0) is 24.7 Å². The molecule has 52 valence electrons. The van der Waals surface area contributed by atoms with Gasteiger partial charge in [-0.3, -0.25) is 0 Å². The number of thiol groups is 1. The third kappa shape index (κ3) is 12.6. The molecular formula is CH5KO5S2. The monoisotopic (exact) mass is 200 g/mol. The standard InChI is InChI=1S/CH4O5S2.K.H/c1-8(4,5)6-7(2)3;;/h7H,1H3;;.